The predicted octanol–water partition coefficient (Wildman–Crippen LogP) is 7.43. The topological polar surface area (TPSA) is 96.0 Å². The van der Waals surface area contributed by atoms with E-state index in [1.807, 2.05) is 19.9 Å². The number of carbonyl (C=O) groups is 2. The van der Waals surface area contributed by atoms with Crippen LogP contribution in [0.1, 0.15) is 42.5 Å². The number of anilines is 1. The van der Waals surface area contributed by atoms with Crippen LogP contribution in [0.4, 0.5) is 18.9 Å². The zero-order valence-electron chi connectivity index (χ0n) is 28.1. The Morgan fingerprint density at radius 2 is 1.58 bits per heavy atom. The highest BCUT2D eigenvalue weighted by atomic mass is 35.5. The monoisotopic (exact) mass is 729 g/mol. The standard InChI is InChI=1S/C37H39ClF3N3O5S/c1-5-26(3)42-36(46)34(21-27-10-7-6-8-11-27)43(23-28-12-9-13-30(20-28)49-4)35(45)24-44(50(47,48)31-17-14-25(2)15-18-31)29-16-19-33(38)32(22-29)37(39,40)41/h6-20,22,26,34H,5,21,23-24H2,1-4H3,(H,42,46)/t26-,34-/m0/s1. The Labute approximate surface area is 295 Å². The van der Waals surface area contributed by atoms with E-state index in [9.17, 15) is 31.2 Å². The average Bonchev–Trinajstić information content (AvgIpc) is 3.09. The van der Waals surface area contributed by atoms with Gasteiger partial charge in [0.15, 0.2) is 0 Å². The number of halogens is 4. The normalized spacial score (nSPS) is 12.9. The van der Waals surface area contributed by atoms with Crippen LogP contribution in [0.25, 0.3) is 0 Å². The molecule has 0 bridgehead atoms. The van der Waals surface area contributed by atoms with Crippen LogP contribution >= 0.6 is 11.6 Å². The molecule has 4 aromatic carbocycles. The van der Waals surface area contributed by atoms with E-state index in [2.05, 4.69) is 5.32 Å². The van der Waals surface area contributed by atoms with Crippen LogP contribution < -0.4 is 14.4 Å². The molecule has 0 saturated heterocycles. The number of carbonyl (C=O) groups excluding carboxylic acids is 2. The Bertz CT molecular complexity index is 1890. The van der Waals surface area contributed by atoms with Gasteiger partial charge in [-0.2, -0.15) is 13.2 Å². The van der Waals surface area contributed by atoms with Crippen LogP contribution in [0, 0.1) is 6.92 Å². The zero-order valence-corrected chi connectivity index (χ0v) is 29.6. The van der Waals surface area contributed by atoms with E-state index in [1.165, 1.54) is 24.1 Å². The van der Waals surface area contributed by atoms with E-state index >= 15 is 0 Å². The molecule has 8 nitrogen and oxygen atoms in total. The Morgan fingerprint density at radius 1 is 0.920 bits per heavy atom. The third-order valence-corrected chi connectivity index (χ3v) is 10.3. The van der Waals surface area contributed by atoms with Gasteiger partial charge in [-0.25, -0.2) is 8.42 Å². The van der Waals surface area contributed by atoms with Crippen molar-refractivity contribution in [1.29, 1.82) is 0 Å². The summed E-state index contributed by atoms with van der Waals surface area (Å²) in [6.07, 6.45) is -4.24. The van der Waals surface area contributed by atoms with E-state index in [0.717, 1.165) is 23.3 Å². The van der Waals surface area contributed by atoms with Crippen molar-refractivity contribution < 1.29 is 35.9 Å². The number of nitrogens with zero attached hydrogens (tertiary/aromatic N) is 2. The van der Waals surface area contributed by atoms with Gasteiger partial charge in [-0.05, 0) is 73.9 Å². The van der Waals surface area contributed by atoms with Crippen LogP contribution in [-0.2, 0) is 38.8 Å². The van der Waals surface area contributed by atoms with Gasteiger partial charge in [0, 0.05) is 19.0 Å². The van der Waals surface area contributed by atoms with Crippen LogP contribution in [0.15, 0.2) is 102 Å². The maximum Gasteiger partial charge on any atom is 0.417 e. The van der Waals surface area contributed by atoms with Crippen molar-refractivity contribution in [2.45, 2.75) is 63.3 Å². The molecule has 0 aliphatic rings. The minimum atomic E-state index is -4.91. The lowest BCUT2D eigenvalue weighted by molar-refractivity contribution is -0.140. The largest absolute Gasteiger partial charge is 0.497 e. The highest BCUT2D eigenvalue weighted by molar-refractivity contribution is 7.92. The SMILES string of the molecule is CC[C@H](C)NC(=O)[C@H](Cc1ccccc1)N(Cc1cccc(OC)c1)C(=O)CN(c1ccc(Cl)c(C(F)(F)F)c1)S(=O)(=O)c1ccc(C)cc1. The summed E-state index contributed by atoms with van der Waals surface area (Å²) in [5.41, 5.74) is 0.359. The van der Waals surface area contributed by atoms with Crippen molar-refractivity contribution in [3.63, 3.8) is 0 Å². The lowest BCUT2D eigenvalue weighted by Gasteiger charge is -2.34. The Morgan fingerprint density at radius 3 is 2.20 bits per heavy atom. The third kappa shape index (κ3) is 9.57. The maximum absolute atomic E-state index is 14.6. The van der Waals surface area contributed by atoms with Crippen LogP contribution in [0.3, 0.4) is 0 Å². The molecule has 0 heterocycles. The molecule has 0 aromatic heterocycles. The number of sulfonamides is 1. The third-order valence-electron chi connectivity index (χ3n) is 8.19. The summed E-state index contributed by atoms with van der Waals surface area (Å²) in [7, 11) is -3.15. The smallest absolute Gasteiger partial charge is 0.417 e. The fourth-order valence-corrected chi connectivity index (χ4v) is 6.85. The van der Waals surface area contributed by atoms with E-state index in [-0.39, 0.29) is 23.9 Å². The number of alkyl halides is 3. The molecule has 266 valence electrons. The number of nitrogens with one attached hydrogen (secondary N) is 1. The minimum Gasteiger partial charge on any atom is -0.497 e. The number of rotatable bonds is 14. The lowest BCUT2D eigenvalue weighted by atomic mass is 10.0. The molecule has 0 fully saturated rings. The summed E-state index contributed by atoms with van der Waals surface area (Å²) in [6.45, 7) is 4.39. The summed E-state index contributed by atoms with van der Waals surface area (Å²) < 4.78 is 76.4. The Kier molecular flexibility index (Phi) is 12.6. The second-order valence-corrected chi connectivity index (χ2v) is 14.2. The molecule has 0 saturated carbocycles. The van der Waals surface area contributed by atoms with E-state index in [0.29, 0.717) is 28.1 Å². The molecule has 1 N–H and O–H groups in total. The number of hydrogen-bond acceptors (Lipinski definition) is 5. The lowest BCUT2D eigenvalue weighted by Crippen LogP contribution is -2.54. The van der Waals surface area contributed by atoms with Crippen molar-refractivity contribution in [3.8, 4) is 5.75 Å². The second kappa shape index (κ2) is 16.4. The van der Waals surface area contributed by atoms with Gasteiger partial charge in [0.2, 0.25) is 11.8 Å². The Balaban J connectivity index is 1.88. The number of hydrogen-bond donors (Lipinski definition) is 1. The molecular formula is C37H39ClF3N3O5S. The van der Waals surface area contributed by atoms with E-state index in [1.54, 1.807) is 67.6 Å². The van der Waals surface area contributed by atoms with Gasteiger partial charge in [-0.3, -0.25) is 13.9 Å². The highest BCUT2D eigenvalue weighted by Gasteiger charge is 2.38. The first-order valence-corrected chi connectivity index (χ1v) is 17.7. The van der Waals surface area contributed by atoms with Crippen molar-refractivity contribution in [2.24, 2.45) is 0 Å². The van der Waals surface area contributed by atoms with E-state index < -0.39 is 56.9 Å². The van der Waals surface area contributed by atoms with Crippen LogP contribution in [0.5, 0.6) is 5.75 Å². The zero-order chi connectivity index (χ0) is 36.6. The van der Waals surface area contributed by atoms with Crippen molar-refractivity contribution in [3.05, 3.63) is 124 Å². The van der Waals surface area contributed by atoms with Crippen molar-refractivity contribution >= 4 is 39.1 Å². The second-order valence-electron chi connectivity index (χ2n) is 11.9. The van der Waals surface area contributed by atoms with Gasteiger partial charge in [0.05, 0.1) is 28.3 Å². The summed E-state index contributed by atoms with van der Waals surface area (Å²) in [5.74, 6) is -0.812. The first kappa shape index (κ1) is 38.3. The van der Waals surface area contributed by atoms with Gasteiger partial charge in [-0.1, -0.05) is 78.7 Å². The van der Waals surface area contributed by atoms with Crippen LogP contribution in [-0.4, -0.2) is 50.9 Å². The fourth-order valence-electron chi connectivity index (χ4n) is 5.21. The molecule has 0 aliphatic carbocycles. The molecule has 4 rings (SSSR count). The molecule has 13 heteroatoms. The number of ether oxygens (including phenoxy) is 1. The van der Waals surface area contributed by atoms with Gasteiger partial charge < -0.3 is 15.0 Å². The van der Waals surface area contributed by atoms with Crippen molar-refractivity contribution in [2.75, 3.05) is 18.0 Å². The van der Waals surface area contributed by atoms with Gasteiger partial charge in [-0.15, -0.1) is 0 Å². The average molecular weight is 730 g/mol. The summed E-state index contributed by atoms with van der Waals surface area (Å²) in [6, 6.07) is 22.8. The number of benzene rings is 4. The molecule has 2 amide bonds. The molecule has 0 radical (unpaired) electrons. The molecule has 50 heavy (non-hydrogen) atoms. The number of aryl methyl sites for hydroxylation is 1. The fraction of sp³-hybridized carbons (Fsp3) is 0.297. The quantitative estimate of drug-likeness (QED) is 0.146. The summed E-state index contributed by atoms with van der Waals surface area (Å²) >= 11 is 5.89. The predicted molar refractivity (Wildman–Crippen MR) is 188 cm³/mol. The molecule has 2 atom stereocenters. The number of methoxy groups -OCH3 is 1. The maximum atomic E-state index is 14.6. The highest BCUT2D eigenvalue weighted by Crippen LogP contribution is 2.38. The molecule has 0 spiro atoms. The van der Waals surface area contributed by atoms with E-state index in [4.69, 9.17) is 16.3 Å². The van der Waals surface area contributed by atoms with Crippen LogP contribution in [0.2, 0.25) is 5.02 Å². The summed E-state index contributed by atoms with van der Waals surface area (Å²) in [5, 5.41) is 2.31. The molecule has 0 unspecified atom stereocenters. The van der Waals surface area contributed by atoms with Gasteiger partial charge >= 0.3 is 6.18 Å². The van der Waals surface area contributed by atoms with Gasteiger partial charge in [0.25, 0.3) is 10.0 Å². The molecule has 0 aliphatic heterocycles. The number of amides is 2. The van der Waals surface area contributed by atoms with Crippen molar-refractivity contribution in [1.82, 2.24) is 10.2 Å². The van der Waals surface area contributed by atoms with Gasteiger partial charge in [0.1, 0.15) is 18.3 Å². The Hall–Kier alpha value is -4.55. The summed E-state index contributed by atoms with van der Waals surface area (Å²) in [4.78, 5) is 29.6. The first-order chi connectivity index (χ1) is 23.6. The minimum absolute atomic E-state index is 0.0721. The molecule has 4 aromatic rings. The molecular weight excluding hydrogens is 691 g/mol. The first-order valence-electron chi connectivity index (χ1n) is 15.9.